The highest BCUT2D eigenvalue weighted by molar-refractivity contribution is 7.09. The van der Waals surface area contributed by atoms with E-state index in [9.17, 15) is 4.79 Å². The van der Waals surface area contributed by atoms with Crippen LogP contribution in [-0.2, 0) is 6.54 Å². The zero-order valence-corrected chi connectivity index (χ0v) is 14.0. The molecule has 124 valence electrons. The lowest BCUT2D eigenvalue weighted by Crippen LogP contribution is -2.00. The maximum Gasteiger partial charge on any atom is 0.338 e. The molecule has 1 N–H and O–H groups in total. The number of hydrogen-bond acceptors (Lipinski definition) is 5. The summed E-state index contributed by atoms with van der Waals surface area (Å²) in [6.07, 6.45) is 3.81. The van der Waals surface area contributed by atoms with Gasteiger partial charge in [-0.1, -0.05) is 19.1 Å². The molecule has 0 atom stereocenters. The van der Waals surface area contributed by atoms with Crippen molar-refractivity contribution in [2.24, 2.45) is 0 Å². The summed E-state index contributed by atoms with van der Waals surface area (Å²) < 4.78 is 7.23. The van der Waals surface area contributed by atoms with Crippen LogP contribution in [0.5, 0.6) is 5.75 Å². The molecular formula is C17H17N3O3S. The van der Waals surface area contributed by atoms with E-state index < -0.39 is 5.97 Å². The minimum atomic E-state index is -0.982. The van der Waals surface area contributed by atoms with Gasteiger partial charge in [0, 0.05) is 17.1 Å². The molecule has 0 spiro atoms. The van der Waals surface area contributed by atoms with Gasteiger partial charge in [-0.2, -0.15) is 5.10 Å². The van der Waals surface area contributed by atoms with Crippen molar-refractivity contribution < 1.29 is 14.6 Å². The molecule has 2 aromatic heterocycles. The Morgan fingerprint density at radius 1 is 1.42 bits per heavy atom. The van der Waals surface area contributed by atoms with Crippen LogP contribution >= 0.6 is 11.3 Å². The average molecular weight is 343 g/mol. The molecule has 3 aromatic rings. The van der Waals surface area contributed by atoms with E-state index in [2.05, 4.69) is 17.0 Å². The van der Waals surface area contributed by atoms with E-state index in [1.807, 2.05) is 29.6 Å². The Labute approximate surface area is 143 Å². The molecule has 6 nitrogen and oxygen atoms in total. The van der Waals surface area contributed by atoms with Crippen LogP contribution in [-0.4, -0.2) is 32.4 Å². The first-order chi connectivity index (χ1) is 11.7. The van der Waals surface area contributed by atoms with Gasteiger partial charge in [0.15, 0.2) is 0 Å². The zero-order chi connectivity index (χ0) is 16.9. The minimum Gasteiger partial charge on any atom is -0.494 e. The van der Waals surface area contributed by atoms with Crippen molar-refractivity contribution >= 4 is 17.3 Å². The van der Waals surface area contributed by atoms with Crippen molar-refractivity contribution in [2.75, 3.05) is 6.61 Å². The number of nitrogens with zero attached hydrogens (tertiary/aromatic N) is 3. The molecule has 3 rings (SSSR count). The Morgan fingerprint density at radius 2 is 2.29 bits per heavy atom. The number of ether oxygens (including phenoxy) is 1. The lowest BCUT2D eigenvalue weighted by Gasteiger charge is -2.05. The highest BCUT2D eigenvalue weighted by Crippen LogP contribution is 2.26. The molecule has 24 heavy (non-hydrogen) atoms. The van der Waals surface area contributed by atoms with Gasteiger partial charge in [-0.25, -0.2) is 9.78 Å². The first kappa shape index (κ1) is 16.2. The Balaban J connectivity index is 1.74. The van der Waals surface area contributed by atoms with Gasteiger partial charge in [0.1, 0.15) is 10.8 Å². The maximum atomic E-state index is 10.9. The number of benzene rings is 1. The molecule has 0 saturated heterocycles. The Hall–Kier alpha value is -2.67. The fourth-order valence-corrected chi connectivity index (χ4v) is 2.97. The van der Waals surface area contributed by atoms with Crippen molar-refractivity contribution in [1.29, 1.82) is 0 Å². The number of hydrogen-bond donors (Lipinski definition) is 1. The summed E-state index contributed by atoms with van der Waals surface area (Å²) >= 11 is 1.52. The summed E-state index contributed by atoms with van der Waals surface area (Å²) in [5.41, 5.74) is 2.05. The van der Waals surface area contributed by atoms with Gasteiger partial charge in [0.2, 0.25) is 0 Å². The van der Waals surface area contributed by atoms with Gasteiger partial charge in [-0.05, 0) is 18.6 Å². The van der Waals surface area contributed by atoms with E-state index in [4.69, 9.17) is 9.84 Å². The first-order valence-electron chi connectivity index (χ1n) is 7.59. The van der Waals surface area contributed by atoms with Crippen molar-refractivity contribution in [2.45, 2.75) is 19.9 Å². The quantitative estimate of drug-likeness (QED) is 0.710. The van der Waals surface area contributed by atoms with Crippen molar-refractivity contribution in [3.63, 3.8) is 0 Å². The van der Waals surface area contributed by atoms with Gasteiger partial charge >= 0.3 is 5.97 Å². The highest BCUT2D eigenvalue weighted by Gasteiger charge is 2.09. The topological polar surface area (TPSA) is 77.2 Å². The summed E-state index contributed by atoms with van der Waals surface area (Å²) in [6, 6.07) is 7.86. The number of rotatable bonds is 7. The predicted octanol–water partition coefficient (Wildman–Crippen LogP) is 3.54. The smallest absolute Gasteiger partial charge is 0.338 e. The number of carboxylic acid groups (broad SMARTS) is 1. The van der Waals surface area contributed by atoms with Crippen molar-refractivity contribution in [1.82, 2.24) is 14.8 Å². The summed E-state index contributed by atoms with van der Waals surface area (Å²) in [4.78, 5) is 15.5. The molecule has 0 unspecified atom stereocenters. The molecule has 0 amide bonds. The van der Waals surface area contributed by atoms with Gasteiger partial charge in [-0.15, -0.1) is 11.3 Å². The number of aromatic carboxylic acids is 1. The molecule has 0 bridgehead atoms. The van der Waals surface area contributed by atoms with E-state index in [0.717, 1.165) is 28.4 Å². The van der Waals surface area contributed by atoms with Crippen LogP contribution in [0.15, 0.2) is 42.0 Å². The SMILES string of the molecule is CCCOc1cccc(-c2csc(Cn3cc(C(=O)O)cn3)n2)c1. The standard InChI is InChI=1S/C17H17N3O3S/c1-2-6-23-14-5-3-4-12(7-14)15-11-24-16(19-15)10-20-9-13(8-18-20)17(21)22/h3-5,7-9,11H,2,6,10H2,1H3,(H,21,22). The predicted molar refractivity (Wildman–Crippen MR) is 91.6 cm³/mol. The molecule has 0 aliphatic heterocycles. The van der Waals surface area contributed by atoms with E-state index in [-0.39, 0.29) is 5.56 Å². The second-order valence-electron chi connectivity index (χ2n) is 5.23. The number of carboxylic acids is 1. The second kappa shape index (κ2) is 7.27. The van der Waals surface area contributed by atoms with E-state index in [0.29, 0.717) is 13.2 Å². The van der Waals surface area contributed by atoms with E-state index in [1.165, 1.54) is 23.7 Å². The molecule has 0 saturated carbocycles. The molecule has 0 fully saturated rings. The summed E-state index contributed by atoms with van der Waals surface area (Å²) in [6.45, 7) is 3.21. The third-order valence-electron chi connectivity index (χ3n) is 3.33. The van der Waals surface area contributed by atoms with Crippen molar-refractivity contribution in [3.05, 3.63) is 52.6 Å². The summed E-state index contributed by atoms with van der Waals surface area (Å²) in [5.74, 6) is -0.146. The lowest BCUT2D eigenvalue weighted by molar-refractivity contribution is 0.0697. The van der Waals surface area contributed by atoms with Crippen molar-refractivity contribution in [3.8, 4) is 17.0 Å². The second-order valence-corrected chi connectivity index (χ2v) is 6.18. The first-order valence-corrected chi connectivity index (χ1v) is 8.47. The number of thiazole rings is 1. The van der Waals surface area contributed by atoms with Gasteiger partial charge < -0.3 is 9.84 Å². The third-order valence-corrected chi connectivity index (χ3v) is 4.17. The lowest BCUT2D eigenvalue weighted by atomic mass is 10.2. The molecule has 0 radical (unpaired) electrons. The van der Waals surface area contributed by atoms with Crippen LogP contribution in [0.4, 0.5) is 0 Å². The number of carbonyl (C=O) groups is 1. The number of aromatic nitrogens is 3. The molecule has 0 aliphatic rings. The summed E-state index contributed by atoms with van der Waals surface area (Å²) in [5, 5.41) is 15.8. The Bertz CT molecular complexity index is 841. The van der Waals surface area contributed by atoms with Crippen LogP contribution < -0.4 is 4.74 Å². The third kappa shape index (κ3) is 3.80. The average Bonchev–Trinajstić information content (AvgIpc) is 3.23. The van der Waals surface area contributed by atoms with E-state index >= 15 is 0 Å². The van der Waals surface area contributed by atoms with Gasteiger partial charge in [0.05, 0.1) is 30.6 Å². The van der Waals surface area contributed by atoms with E-state index in [1.54, 1.807) is 4.68 Å². The minimum absolute atomic E-state index is 0.174. The maximum absolute atomic E-state index is 10.9. The van der Waals surface area contributed by atoms with Gasteiger partial charge in [-0.3, -0.25) is 4.68 Å². The van der Waals surface area contributed by atoms with Crippen LogP contribution in [0.25, 0.3) is 11.3 Å². The monoisotopic (exact) mass is 343 g/mol. The molecular weight excluding hydrogens is 326 g/mol. The normalized spacial score (nSPS) is 10.7. The zero-order valence-electron chi connectivity index (χ0n) is 13.2. The fraction of sp³-hybridized carbons (Fsp3) is 0.235. The highest BCUT2D eigenvalue weighted by atomic mass is 32.1. The summed E-state index contributed by atoms with van der Waals surface area (Å²) in [7, 11) is 0. The molecule has 2 heterocycles. The van der Waals surface area contributed by atoms with Crippen LogP contribution in [0.1, 0.15) is 28.7 Å². The van der Waals surface area contributed by atoms with Crippen LogP contribution in [0, 0.1) is 0 Å². The molecule has 1 aromatic carbocycles. The van der Waals surface area contributed by atoms with Crippen LogP contribution in [0.3, 0.4) is 0 Å². The molecule has 0 aliphatic carbocycles. The van der Waals surface area contributed by atoms with Gasteiger partial charge in [0.25, 0.3) is 0 Å². The largest absolute Gasteiger partial charge is 0.494 e. The Morgan fingerprint density at radius 3 is 3.04 bits per heavy atom. The molecule has 7 heteroatoms. The Kier molecular flexibility index (Phi) is 4.90. The fourth-order valence-electron chi connectivity index (χ4n) is 2.18. The van der Waals surface area contributed by atoms with Crippen LogP contribution in [0.2, 0.25) is 0 Å².